The lowest BCUT2D eigenvalue weighted by Crippen LogP contribution is -2.39. The van der Waals surface area contributed by atoms with E-state index in [1.54, 1.807) is 49.9 Å². The number of rotatable bonds is 3. The number of aliphatic hydroxyl groups excluding tert-OH is 1. The normalized spacial score (nSPS) is 21.1. The first-order valence-corrected chi connectivity index (χ1v) is 12.6. The van der Waals surface area contributed by atoms with Crippen molar-refractivity contribution in [2.75, 3.05) is 16.4 Å². The highest BCUT2D eigenvalue weighted by Crippen LogP contribution is 2.39. The third kappa shape index (κ3) is 6.36. The summed E-state index contributed by atoms with van der Waals surface area (Å²) < 4.78 is 10.3. The molecule has 0 aromatic heterocycles. The molecule has 2 heterocycles. The molecule has 0 saturated carbocycles. The van der Waals surface area contributed by atoms with E-state index < -0.39 is 18.2 Å². The summed E-state index contributed by atoms with van der Waals surface area (Å²) >= 11 is 12.2. The average Bonchev–Trinajstić information content (AvgIpc) is 3.35. The first-order chi connectivity index (χ1) is 18.9. The molecule has 0 bridgehead atoms. The van der Waals surface area contributed by atoms with Gasteiger partial charge >= 0.3 is 18.3 Å². The number of ether oxygens (including phenoxy) is 2. The maximum atomic E-state index is 11.9. The van der Waals surface area contributed by atoms with E-state index in [0.717, 1.165) is 5.56 Å². The predicted octanol–water partition coefficient (Wildman–Crippen LogP) is 6.25. The number of benzene rings is 2. The van der Waals surface area contributed by atoms with Gasteiger partial charge in [-0.3, -0.25) is 9.80 Å². The molecule has 2 aliphatic heterocycles. The molecule has 13 heteroatoms. The van der Waals surface area contributed by atoms with E-state index in [-0.39, 0.29) is 31.0 Å². The van der Waals surface area contributed by atoms with Crippen LogP contribution in [0.4, 0.5) is 32.3 Å². The zero-order chi connectivity index (χ0) is 30.3. The molecule has 0 unspecified atom stereocenters. The third-order valence-electron chi connectivity index (χ3n) is 6.55. The molecule has 210 valence electrons. The molecule has 4 rings (SSSR count). The van der Waals surface area contributed by atoms with Gasteiger partial charge in [-0.05, 0) is 57.9 Å². The van der Waals surface area contributed by atoms with E-state index in [0.29, 0.717) is 38.4 Å². The first kappa shape index (κ1) is 32.1. The van der Waals surface area contributed by atoms with Crippen LogP contribution in [-0.4, -0.2) is 54.3 Å². The van der Waals surface area contributed by atoms with Crippen LogP contribution in [0.25, 0.3) is 9.69 Å². The second-order valence-corrected chi connectivity index (χ2v) is 9.56. The van der Waals surface area contributed by atoms with E-state index in [2.05, 4.69) is 9.69 Å². The summed E-state index contributed by atoms with van der Waals surface area (Å²) in [4.78, 5) is 49.5. The van der Waals surface area contributed by atoms with Gasteiger partial charge in [0.15, 0.2) is 0 Å². The van der Waals surface area contributed by atoms with Crippen LogP contribution in [0.2, 0.25) is 10.0 Å². The zero-order valence-corrected chi connectivity index (χ0v) is 23.8. The summed E-state index contributed by atoms with van der Waals surface area (Å²) in [5.74, 6) is 0. The summed E-state index contributed by atoms with van der Waals surface area (Å²) in [7, 11) is 0. The summed E-state index contributed by atoms with van der Waals surface area (Å²) in [6.07, 6.45) is -1.18. The molecular formula is C27H26Cl2N4O7. The number of hydrogen-bond donors (Lipinski definition) is 1. The molecule has 0 spiro atoms. The lowest BCUT2D eigenvalue weighted by atomic mass is 10.1. The van der Waals surface area contributed by atoms with Crippen LogP contribution in [0.15, 0.2) is 24.3 Å². The third-order valence-corrected chi connectivity index (χ3v) is 7.50. The van der Waals surface area contributed by atoms with Crippen molar-refractivity contribution in [1.29, 1.82) is 0 Å². The fraction of sp³-hybridized carbons (Fsp3) is 0.370. The number of carbonyl (C=O) groups excluding carboxylic acids is 4. The van der Waals surface area contributed by atoms with Crippen molar-refractivity contribution in [1.82, 2.24) is 0 Å². The molecule has 40 heavy (non-hydrogen) atoms. The molecule has 1 N–H and O–H groups in total. The standard InChI is InChI=1S/C13H13ClN2O3.C13H13ClN2O2.CO2/c1-7-10(5-4-9(15-3)12(7)14)16-11(6-17)8(2)19-13(16)18;1-7-11(6-5-10(15-4)12(7)14)16-8(2)9(3)18-13(16)17;2-1-3/h4-5,8,11,17H,6H2,1-2H3;5-6,8-9H,1-3H3;/t8-,11-;8-,9-;/m00./s1. The number of hydrogen-bond acceptors (Lipinski definition) is 7. The average molecular weight is 589 g/mol. The van der Waals surface area contributed by atoms with E-state index in [1.165, 1.54) is 4.90 Å². The van der Waals surface area contributed by atoms with Gasteiger partial charge < -0.3 is 14.6 Å². The van der Waals surface area contributed by atoms with Crippen LogP contribution >= 0.6 is 23.2 Å². The largest absolute Gasteiger partial charge is 0.444 e. The number of aliphatic hydroxyl groups is 1. The Morgan fingerprint density at radius 3 is 1.62 bits per heavy atom. The lowest BCUT2D eigenvalue weighted by Gasteiger charge is -2.23. The number of cyclic esters (lactones) is 2. The van der Waals surface area contributed by atoms with E-state index in [1.807, 2.05) is 13.8 Å². The molecule has 2 saturated heterocycles. The Bertz CT molecular complexity index is 1410. The molecule has 2 aliphatic rings. The van der Waals surface area contributed by atoms with Crippen molar-refractivity contribution in [3.63, 3.8) is 0 Å². The Hall–Kier alpha value is -4.12. The highest BCUT2D eigenvalue weighted by atomic mass is 35.5. The van der Waals surface area contributed by atoms with Gasteiger partial charge in [-0.15, -0.1) is 0 Å². The fourth-order valence-electron chi connectivity index (χ4n) is 4.17. The van der Waals surface area contributed by atoms with Gasteiger partial charge in [-0.2, -0.15) is 9.59 Å². The minimum absolute atomic E-state index is 0.0499. The van der Waals surface area contributed by atoms with Crippen LogP contribution in [-0.2, 0) is 19.1 Å². The quantitative estimate of drug-likeness (QED) is 0.420. The van der Waals surface area contributed by atoms with Crippen molar-refractivity contribution in [2.24, 2.45) is 0 Å². The number of nitrogens with zero attached hydrogens (tertiary/aromatic N) is 4. The Morgan fingerprint density at radius 1 is 0.850 bits per heavy atom. The fourth-order valence-corrected chi connectivity index (χ4v) is 4.57. The van der Waals surface area contributed by atoms with Crippen molar-refractivity contribution in [3.8, 4) is 0 Å². The van der Waals surface area contributed by atoms with Gasteiger partial charge in [0.05, 0.1) is 35.8 Å². The van der Waals surface area contributed by atoms with E-state index in [4.69, 9.17) is 55.4 Å². The van der Waals surface area contributed by atoms with Gasteiger partial charge in [-0.25, -0.2) is 19.3 Å². The van der Waals surface area contributed by atoms with Crippen LogP contribution in [0, 0.1) is 27.0 Å². The van der Waals surface area contributed by atoms with E-state index in [9.17, 15) is 14.7 Å². The van der Waals surface area contributed by atoms with Crippen molar-refractivity contribution in [3.05, 3.63) is 68.3 Å². The van der Waals surface area contributed by atoms with E-state index >= 15 is 0 Å². The minimum atomic E-state index is -0.513. The van der Waals surface area contributed by atoms with Gasteiger partial charge in [0.25, 0.3) is 0 Å². The van der Waals surface area contributed by atoms with Crippen LogP contribution < -0.4 is 9.80 Å². The highest BCUT2D eigenvalue weighted by molar-refractivity contribution is 6.35. The van der Waals surface area contributed by atoms with Crippen molar-refractivity contribution < 1.29 is 33.8 Å². The number of carbonyl (C=O) groups is 2. The summed E-state index contributed by atoms with van der Waals surface area (Å²) in [6, 6.07) is 6.08. The van der Waals surface area contributed by atoms with Gasteiger partial charge in [0, 0.05) is 11.4 Å². The molecule has 11 nitrogen and oxygen atoms in total. The molecule has 4 atom stereocenters. The smallest absolute Gasteiger partial charge is 0.415 e. The maximum absolute atomic E-state index is 11.9. The second kappa shape index (κ2) is 13.8. The monoisotopic (exact) mass is 588 g/mol. The number of amides is 2. The van der Waals surface area contributed by atoms with Crippen LogP contribution in [0.5, 0.6) is 0 Å². The SMILES string of the molecule is O=C=O.[C-]#[N+]c1ccc(N2C(=O)O[C@@H](C)[C@@H]2C)c(C)c1Cl.[C-]#[N+]c1ccc(N2C(=O)O[C@@H](C)[C@@H]2CO)c(C)c1Cl. The van der Waals surface area contributed by atoms with Crippen LogP contribution in [0.3, 0.4) is 0 Å². The van der Waals surface area contributed by atoms with Gasteiger partial charge in [0.1, 0.15) is 18.2 Å². The van der Waals surface area contributed by atoms with Crippen LogP contribution in [0.1, 0.15) is 31.9 Å². The lowest BCUT2D eigenvalue weighted by molar-refractivity contribution is -0.191. The summed E-state index contributed by atoms with van der Waals surface area (Å²) in [6.45, 7) is 22.8. The van der Waals surface area contributed by atoms with Gasteiger partial charge in [-0.1, -0.05) is 35.3 Å². The predicted molar refractivity (Wildman–Crippen MR) is 147 cm³/mol. The Labute approximate surface area is 241 Å². The maximum Gasteiger partial charge on any atom is 0.415 e. The Morgan fingerprint density at radius 2 is 1.25 bits per heavy atom. The van der Waals surface area contributed by atoms with Crippen molar-refractivity contribution in [2.45, 2.75) is 58.9 Å². The molecule has 2 aromatic carbocycles. The Balaban J connectivity index is 0.000000256. The highest BCUT2D eigenvalue weighted by Gasteiger charge is 2.40. The minimum Gasteiger partial charge on any atom is -0.444 e. The molecule has 0 radical (unpaired) electrons. The molecule has 0 aliphatic carbocycles. The summed E-state index contributed by atoms with van der Waals surface area (Å²) in [5.41, 5.74) is 3.35. The molecule has 2 fully saturated rings. The number of anilines is 2. The van der Waals surface area contributed by atoms with Crippen molar-refractivity contribution >= 4 is 64.3 Å². The molecular weight excluding hydrogens is 563 g/mol. The van der Waals surface area contributed by atoms with Gasteiger partial charge in [0.2, 0.25) is 11.4 Å². The first-order valence-electron chi connectivity index (χ1n) is 11.8. The Kier molecular flexibility index (Phi) is 11.1. The molecule has 2 amide bonds. The molecule has 2 aromatic rings. The zero-order valence-electron chi connectivity index (χ0n) is 22.3. The second-order valence-electron chi connectivity index (χ2n) is 8.80. The topological polar surface area (TPSA) is 122 Å². The number of halogens is 2. The summed E-state index contributed by atoms with van der Waals surface area (Å²) in [5, 5.41) is 10.1.